The van der Waals surface area contributed by atoms with Crippen molar-refractivity contribution in [2.75, 3.05) is 24.3 Å². The fourth-order valence-corrected chi connectivity index (χ4v) is 1.93. The summed E-state index contributed by atoms with van der Waals surface area (Å²) in [6.07, 6.45) is 0.798. The third-order valence-electron chi connectivity index (χ3n) is 2.96. The van der Waals surface area contributed by atoms with Crippen molar-refractivity contribution < 1.29 is 4.74 Å². The molecule has 0 atom stereocenters. The highest BCUT2D eigenvalue weighted by Gasteiger charge is 2.16. The van der Waals surface area contributed by atoms with Crippen LogP contribution >= 0.6 is 0 Å². The van der Waals surface area contributed by atoms with Crippen molar-refractivity contribution >= 4 is 11.9 Å². The van der Waals surface area contributed by atoms with Gasteiger partial charge in [0.2, 0.25) is 17.8 Å². The molecule has 2 rings (SSSR count). The van der Waals surface area contributed by atoms with Gasteiger partial charge in [-0.1, -0.05) is 6.92 Å². The molecule has 0 saturated carbocycles. The van der Waals surface area contributed by atoms with Crippen LogP contribution in [0.1, 0.15) is 34.1 Å². The molecule has 25 heavy (non-hydrogen) atoms. The summed E-state index contributed by atoms with van der Waals surface area (Å²) in [5, 5.41) is 7.38. The molecule has 9 nitrogen and oxygen atoms in total. The molecule has 2 aromatic heterocycles. The van der Waals surface area contributed by atoms with E-state index in [0.29, 0.717) is 18.4 Å². The highest BCUT2D eigenvalue weighted by Crippen LogP contribution is 2.20. The minimum Gasteiger partial charge on any atom is -0.403 e. The molecule has 0 unspecified atom stereocenters. The number of hydrogen-bond acceptors (Lipinski definition) is 8. The molecule has 0 fully saturated rings. The highest BCUT2D eigenvalue weighted by molar-refractivity contribution is 5.38. The van der Waals surface area contributed by atoms with Gasteiger partial charge in [-0.2, -0.15) is 15.0 Å². The second kappa shape index (κ2) is 7.45. The SMILES string of the molecule is CCCn1nc(Oc2nc(NC(C)(C)C)nc(N(C)C)n2)ccc1=O. The van der Waals surface area contributed by atoms with E-state index in [0.717, 1.165) is 6.42 Å². The number of hydrogen-bond donors (Lipinski definition) is 1. The Hall–Kier alpha value is -2.71. The lowest BCUT2D eigenvalue weighted by Crippen LogP contribution is -2.28. The molecule has 9 heteroatoms. The zero-order valence-electron chi connectivity index (χ0n) is 15.6. The largest absolute Gasteiger partial charge is 0.403 e. The lowest BCUT2D eigenvalue weighted by molar-refractivity contribution is 0.397. The smallest absolute Gasteiger partial charge is 0.330 e. The van der Waals surface area contributed by atoms with E-state index in [-0.39, 0.29) is 23.0 Å². The molecular formula is C16H25N7O2. The number of rotatable bonds is 6. The van der Waals surface area contributed by atoms with Crippen molar-refractivity contribution in [1.82, 2.24) is 24.7 Å². The van der Waals surface area contributed by atoms with Crippen LogP contribution in [0.25, 0.3) is 0 Å². The number of ether oxygens (including phenoxy) is 1. The van der Waals surface area contributed by atoms with E-state index in [1.165, 1.54) is 16.8 Å². The van der Waals surface area contributed by atoms with Crippen molar-refractivity contribution in [3.63, 3.8) is 0 Å². The topological polar surface area (TPSA) is 98.1 Å². The molecule has 2 aromatic rings. The molecule has 2 heterocycles. The van der Waals surface area contributed by atoms with Crippen molar-refractivity contribution in [3.05, 3.63) is 22.5 Å². The number of nitrogens with one attached hydrogen (secondary N) is 1. The Labute approximate surface area is 147 Å². The molecule has 0 saturated heterocycles. The van der Waals surface area contributed by atoms with Gasteiger partial charge in [0.25, 0.3) is 5.56 Å². The summed E-state index contributed by atoms with van der Waals surface area (Å²) < 4.78 is 7.03. The fraction of sp³-hybridized carbons (Fsp3) is 0.562. The van der Waals surface area contributed by atoms with Crippen LogP contribution in [-0.4, -0.2) is 44.4 Å². The maximum atomic E-state index is 11.8. The van der Waals surface area contributed by atoms with E-state index in [9.17, 15) is 4.79 Å². The Bertz CT molecular complexity index is 781. The Kier molecular flexibility index (Phi) is 5.55. The first-order chi connectivity index (χ1) is 11.7. The van der Waals surface area contributed by atoms with Gasteiger partial charge in [0.15, 0.2) is 0 Å². The van der Waals surface area contributed by atoms with E-state index in [1.54, 1.807) is 4.90 Å². The van der Waals surface area contributed by atoms with Gasteiger partial charge in [0, 0.05) is 38.3 Å². The van der Waals surface area contributed by atoms with E-state index in [1.807, 2.05) is 41.8 Å². The average Bonchev–Trinajstić information content (AvgIpc) is 2.49. The van der Waals surface area contributed by atoms with Gasteiger partial charge in [-0.05, 0) is 27.2 Å². The molecule has 0 aliphatic carbocycles. The van der Waals surface area contributed by atoms with Crippen LogP contribution in [0.2, 0.25) is 0 Å². The Morgan fingerprint density at radius 2 is 1.92 bits per heavy atom. The number of anilines is 2. The Morgan fingerprint density at radius 1 is 1.20 bits per heavy atom. The average molecular weight is 347 g/mol. The summed E-state index contributed by atoms with van der Waals surface area (Å²) in [4.78, 5) is 26.4. The summed E-state index contributed by atoms with van der Waals surface area (Å²) in [6.45, 7) is 8.52. The van der Waals surface area contributed by atoms with E-state index in [2.05, 4.69) is 25.4 Å². The van der Waals surface area contributed by atoms with E-state index >= 15 is 0 Å². The molecule has 1 N–H and O–H groups in total. The second-order valence-electron chi connectivity index (χ2n) is 6.85. The van der Waals surface area contributed by atoms with Crippen molar-refractivity contribution in [1.29, 1.82) is 0 Å². The maximum Gasteiger partial charge on any atom is 0.330 e. The van der Waals surface area contributed by atoms with Crippen LogP contribution in [0.5, 0.6) is 11.9 Å². The second-order valence-corrected chi connectivity index (χ2v) is 6.85. The Morgan fingerprint density at radius 3 is 2.52 bits per heavy atom. The minimum atomic E-state index is -0.213. The number of aryl methyl sites for hydroxylation is 1. The number of nitrogens with zero attached hydrogens (tertiary/aromatic N) is 6. The summed E-state index contributed by atoms with van der Waals surface area (Å²) in [5.41, 5.74) is -0.386. The van der Waals surface area contributed by atoms with E-state index in [4.69, 9.17) is 4.74 Å². The predicted octanol–water partition coefficient (Wildman–Crippen LogP) is 1.91. The normalized spacial score (nSPS) is 11.3. The van der Waals surface area contributed by atoms with Crippen LogP contribution in [-0.2, 0) is 6.54 Å². The molecular weight excluding hydrogens is 322 g/mol. The summed E-state index contributed by atoms with van der Waals surface area (Å²) in [6, 6.07) is 3.03. The molecule has 0 aliphatic heterocycles. The lowest BCUT2D eigenvalue weighted by Gasteiger charge is -2.21. The van der Waals surface area contributed by atoms with Gasteiger partial charge in [0.05, 0.1) is 0 Å². The molecule has 0 aromatic carbocycles. The third-order valence-corrected chi connectivity index (χ3v) is 2.96. The van der Waals surface area contributed by atoms with Crippen molar-refractivity contribution in [2.45, 2.75) is 46.2 Å². The van der Waals surface area contributed by atoms with Gasteiger partial charge < -0.3 is 15.0 Å². The zero-order valence-corrected chi connectivity index (χ0v) is 15.6. The van der Waals surface area contributed by atoms with Gasteiger partial charge in [0.1, 0.15) is 0 Å². The molecule has 0 bridgehead atoms. The first kappa shape index (κ1) is 18.6. The number of aromatic nitrogens is 5. The summed E-state index contributed by atoms with van der Waals surface area (Å²) in [7, 11) is 3.67. The minimum absolute atomic E-state index is 0.111. The van der Waals surface area contributed by atoms with Gasteiger partial charge in [-0.25, -0.2) is 4.68 Å². The predicted molar refractivity (Wildman–Crippen MR) is 96.4 cm³/mol. The van der Waals surface area contributed by atoms with Crippen LogP contribution < -0.4 is 20.5 Å². The Balaban J connectivity index is 2.35. The standard InChI is InChI=1S/C16H25N7O2/c1-7-10-23-12(24)9-8-11(21-23)25-15-18-13(20-16(2,3)4)17-14(19-15)22(5)6/h8-9H,7,10H2,1-6H3,(H,17,18,19,20). The van der Waals surface area contributed by atoms with Gasteiger partial charge in [-0.3, -0.25) is 4.79 Å². The van der Waals surface area contributed by atoms with E-state index < -0.39 is 0 Å². The molecule has 0 aliphatic rings. The zero-order chi connectivity index (χ0) is 18.6. The fourth-order valence-electron chi connectivity index (χ4n) is 1.93. The molecule has 0 radical (unpaired) electrons. The first-order valence-corrected chi connectivity index (χ1v) is 8.15. The summed E-state index contributed by atoms with van der Waals surface area (Å²) >= 11 is 0. The van der Waals surface area contributed by atoms with Gasteiger partial charge in [-0.15, -0.1) is 5.10 Å². The molecule has 0 spiro atoms. The monoisotopic (exact) mass is 347 g/mol. The van der Waals surface area contributed by atoms with Crippen LogP contribution in [0.4, 0.5) is 11.9 Å². The highest BCUT2D eigenvalue weighted by atomic mass is 16.5. The third kappa shape index (κ3) is 5.40. The lowest BCUT2D eigenvalue weighted by atomic mass is 10.1. The van der Waals surface area contributed by atoms with Crippen LogP contribution in [0.3, 0.4) is 0 Å². The van der Waals surface area contributed by atoms with Crippen LogP contribution in [0.15, 0.2) is 16.9 Å². The molecule has 136 valence electrons. The summed E-state index contributed by atoms with van der Waals surface area (Å²) in [5.74, 6) is 1.12. The van der Waals surface area contributed by atoms with Crippen molar-refractivity contribution in [3.8, 4) is 11.9 Å². The van der Waals surface area contributed by atoms with Crippen molar-refractivity contribution in [2.24, 2.45) is 0 Å². The van der Waals surface area contributed by atoms with Crippen LogP contribution in [0, 0.1) is 0 Å². The van der Waals surface area contributed by atoms with Gasteiger partial charge >= 0.3 is 6.01 Å². The first-order valence-electron chi connectivity index (χ1n) is 8.15. The molecule has 0 amide bonds. The quantitative estimate of drug-likeness (QED) is 0.846. The maximum absolute atomic E-state index is 11.8.